The molecule has 0 bridgehead atoms. The second-order valence-electron chi connectivity index (χ2n) is 17.0. The van der Waals surface area contributed by atoms with Crippen LogP contribution in [0.5, 0.6) is 0 Å². The van der Waals surface area contributed by atoms with E-state index in [9.17, 15) is 19.5 Å². The number of likely N-dealkylation sites (N-methyl/N-ethyl adjacent to an activating group) is 1. The van der Waals surface area contributed by atoms with Crippen molar-refractivity contribution in [3.8, 4) is 0 Å². The van der Waals surface area contributed by atoms with E-state index in [0.29, 0.717) is 19.3 Å². The molecule has 2 atom stereocenters. The predicted octanol–water partition coefficient (Wildman–Crippen LogP) is 13.7. The van der Waals surface area contributed by atoms with E-state index in [1.165, 1.54) is 83.5 Å². The van der Waals surface area contributed by atoms with E-state index in [2.05, 4.69) is 98.9 Å². The average Bonchev–Trinajstić information content (AvgIpc) is 3.22. The molecule has 0 saturated heterocycles. The maximum absolute atomic E-state index is 12.8. The molecule has 0 aliphatic heterocycles. The van der Waals surface area contributed by atoms with Crippen molar-refractivity contribution in [1.29, 1.82) is 0 Å². The van der Waals surface area contributed by atoms with Crippen molar-refractivity contribution in [2.75, 3.05) is 41.0 Å². The van der Waals surface area contributed by atoms with Crippen molar-refractivity contribution < 1.29 is 38.2 Å². The molecule has 0 aliphatic carbocycles. The highest BCUT2D eigenvalue weighted by atomic mass is 16.6. The number of carbonyl (C=O) groups is 3. The molecule has 0 spiro atoms. The van der Waals surface area contributed by atoms with Crippen LogP contribution in [0, 0.1) is 0 Å². The molecular weight excluding hydrogens is 763 g/mol. The molecule has 0 saturated carbocycles. The zero-order chi connectivity index (χ0) is 44.9. The molecule has 1 N–H and O–H groups in total. The van der Waals surface area contributed by atoms with Crippen LogP contribution in [0.3, 0.4) is 0 Å². The van der Waals surface area contributed by atoms with E-state index in [1.807, 2.05) is 21.1 Å². The smallest absolute Gasteiger partial charge is 0.362 e. The minimum atomic E-state index is -0.886. The van der Waals surface area contributed by atoms with E-state index in [-0.39, 0.29) is 42.7 Å². The van der Waals surface area contributed by atoms with Crippen LogP contribution in [0.25, 0.3) is 0 Å². The van der Waals surface area contributed by atoms with Crippen molar-refractivity contribution in [3.63, 3.8) is 0 Å². The maximum Gasteiger partial charge on any atom is 0.362 e. The highest BCUT2D eigenvalue weighted by Crippen LogP contribution is 2.14. The summed E-state index contributed by atoms with van der Waals surface area (Å²) in [5.41, 5.74) is 0. The number of esters is 2. The lowest BCUT2D eigenvalue weighted by atomic mass is 10.1. The average molecular weight is 853 g/mol. The van der Waals surface area contributed by atoms with Crippen molar-refractivity contribution >= 4 is 17.9 Å². The van der Waals surface area contributed by atoms with Gasteiger partial charge in [-0.2, -0.15) is 0 Å². The molecular formula is C53H90NO7+. The Hall–Kier alpha value is -3.49. The van der Waals surface area contributed by atoms with Crippen molar-refractivity contribution in [2.45, 2.75) is 193 Å². The summed E-state index contributed by atoms with van der Waals surface area (Å²) >= 11 is 0. The van der Waals surface area contributed by atoms with Crippen molar-refractivity contribution in [1.82, 2.24) is 0 Å². The number of quaternary nitrogens is 1. The minimum absolute atomic E-state index is 0.0375. The van der Waals surface area contributed by atoms with Gasteiger partial charge in [-0.05, 0) is 77.0 Å². The third kappa shape index (κ3) is 41.6. The second kappa shape index (κ2) is 43.2. The van der Waals surface area contributed by atoms with Crippen LogP contribution in [0.2, 0.25) is 0 Å². The SMILES string of the molecule is CC/C=C/C/C=C/C/C=C/C/C=C/C/C=C/CCCC(=O)OCC(COCCC(C(=O)O)[N+](C)(C)C)OC(=O)CCCCCCCCCCCC/C=C/C=C/CCCCCC. The molecule has 0 rings (SSSR count). The first-order chi connectivity index (χ1) is 29.6. The Morgan fingerprint density at radius 1 is 0.525 bits per heavy atom. The van der Waals surface area contributed by atoms with Gasteiger partial charge in [0.2, 0.25) is 0 Å². The number of carboxylic acids is 1. The predicted molar refractivity (Wildman–Crippen MR) is 256 cm³/mol. The number of nitrogens with zero attached hydrogens (tertiary/aromatic N) is 1. The Labute approximate surface area is 373 Å². The van der Waals surface area contributed by atoms with Gasteiger partial charge in [-0.25, -0.2) is 4.79 Å². The number of allylic oxidation sites excluding steroid dienone is 14. The Balaban J connectivity index is 4.38. The fourth-order valence-corrected chi connectivity index (χ4v) is 6.59. The number of rotatable bonds is 42. The summed E-state index contributed by atoms with van der Waals surface area (Å²) in [5, 5.41) is 9.64. The molecule has 348 valence electrons. The Morgan fingerprint density at radius 2 is 0.984 bits per heavy atom. The molecule has 0 fully saturated rings. The molecule has 0 radical (unpaired) electrons. The van der Waals surface area contributed by atoms with Gasteiger partial charge in [0.15, 0.2) is 12.1 Å². The normalized spacial score (nSPS) is 13.7. The molecule has 0 aliphatic rings. The van der Waals surface area contributed by atoms with Gasteiger partial charge in [-0.15, -0.1) is 0 Å². The van der Waals surface area contributed by atoms with Crippen LogP contribution < -0.4 is 0 Å². The monoisotopic (exact) mass is 853 g/mol. The standard InChI is InChI=1S/C53H89NO7/c1-6-8-10-12-14-16-18-20-22-24-25-26-28-30-32-34-36-38-40-42-44-52(56)61-49(47-59-46-45-50(53(57)58)54(3,4)5)48-60-51(55)43-41-39-37-35-33-31-29-27-23-21-19-17-15-13-11-9-7-2/h9,11,15-18,20-23,29,31,35,37,49-50H,6-8,10,12-14,19,24-28,30,32-34,36,38-48H2,1-5H3/p+1/b11-9+,17-15+,18-16+,22-20+,23-21+,31-29+,37-35+. The molecule has 2 unspecified atom stereocenters. The maximum atomic E-state index is 12.8. The Bertz CT molecular complexity index is 1270. The van der Waals surface area contributed by atoms with Crippen LogP contribution in [0.1, 0.15) is 181 Å². The fraction of sp³-hybridized carbons (Fsp3) is 0.679. The molecule has 0 aromatic rings. The number of hydrogen-bond donors (Lipinski definition) is 1. The highest BCUT2D eigenvalue weighted by Gasteiger charge is 2.31. The zero-order valence-corrected chi connectivity index (χ0v) is 39.6. The summed E-state index contributed by atoms with van der Waals surface area (Å²) in [5.74, 6) is -1.55. The van der Waals surface area contributed by atoms with Gasteiger partial charge in [0.25, 0.3) is 0 Å². The Kier molecular flexibility index (Phi) is 40.7. The third-order valence-electron chi connectivity index (χ3n) is 10.3. The van der Waals surface area contributed by atoms with Gasteiger partial charge in [0, 0.05) is 19.3 Å². The number of carboxylic acid groups (broad SMARTS) is 1. The first-order valence-electron chi connectivity index (χ1n) is 24.1. The summed E-state index contributed by atoms with van der Waals surface area (Å²) < 4.78 is 17.3. The molecule has 0 heterocycles. The van der Waals surface area contributed by atoms with Gasteiger partial charge in [-0.3, -0.25) is 9.59 Å². The van der Waals surface area contributed by atoms with Gasteiger partial charge in [0.05, 0.1) is 34.4 Å². The number of ether oxygens (including phenoxy) is 3. The number of unbranched alkanes of at least 4 members (excludes halogenated alkanes) is 15. The summed E-state index contributed by atoms with van der Waals surface area (Å²) in [6, 6.07) is -0.628. The lowest BCUT2D eigenvalue weighted by molar-refractivity contribution is -0.887. The van der Waals surface area contributed by atoms with Crippen LogP contribution in [0.15, 0.2) is 85.1 Å². The van der Waals surface area contributed by atoms with Crippen molar-refractivity contribution in [2.24, 2.45) is 0 Å². The van der Waals surface area contributed by atoms with E-state index >= 15 is 0 Å². The molecule has 0 aromatic carbocycles. The fourth-order valence-electron chi connectivity index (χ4n) is 6.59. The van der Waals surface area contributed by atoms with E-state index < -0.39 is 18.1 Å². The summed E-state index contributed by atoms with van der Waals surface area (Å²) in [6.45, 7) is 4.54. The van der Waals surface area contributed by atoms with Gasteiger partial charge >= 0.3 is 17.9 Å². The molecule has 61 heavy (non-hydrogen) atoms. The van der Waals surface area contributed by atoms with Gasteiger partial charge in [0.1, 0.15) is 6.61 Å². The van der Waals surface area contributed by atoms with Crippen LogP contribution in [-0.4, -0.2) is 80.6 Å². The Morgan fingerprint density at radius 3 is 1.49 bits per heavy atom. The van der Waals surface area contributed by atoms with E-state index in [1.54, 1.807) is 0 Å². The van der Waals surface area contributed by atoms with Crippen molar-refractivity contribution in [3.05, 3.63) is 85.1 Å². The topological polar surface area (TPSA) is 99.1 Å². The lowest BCUT2D eigenvalue weighted by Crippen LogP contribution is -2.50. The molecule has 0 amide bonds. The first-order valence-corrected chi connectivity index (χ1v) is 24.1. The molecule has 0 aromatic heterocycles. The number of hydrogen-bond acceptors (Lipinski definition) is 6. The number of carbonyl (C=O) groups excluding carboxylic acids is 2. The largest absolute Gasteiger partial charge is 0.477 e. The quantitative estimate of drug-likeness (QED) is 0.0215. The zero-order valence-electron chi connectivity index (χ0n) is 39.6. The van der Waals surface area contributed by atoms with E-state index in [4.69, 9.17) is 14.2 Å². The first kappa shape index (κ1) is 57.5. The summed E-state index contributed by atoms with van der Waals surface area (Å²) in [6.07, 6.45) is 56.3. The van der Waals surface area contributed by atoms with Gasteiger partial charge < -0.3 is 23.8 Å². The molecule has 8 heteroatoms. The highest BCUT2D eigenvalue weighted by molar-refractivity contribution is 5.72. The van der Waals surface area contributed by atoms with Crippen LogP contribution in [0.4, 0.5) is 0 Å². The molecule has 8 nitrogen and oxygen atoms in total. The number of aliphatic carboxylic acids is 1. The second-order valence-corrected chi connectivity index (χ2v) is 17.0. The van der Waals surface area contributed by atoms with Crippen LogP contribution >= 0.6 is 0 Å². The lowest BCUT2D eigenvalue weighted by Gasteiger charge is -2.31. The van der Waals surface area contributed by atoms with Crippen LogP contribution in [-0.2, 0) is 28.6 Å². The minimum Gasteiger partial charge on any atom is -0.477 e. The summed E-state index contributed by atoms with van der Waals surface area (Å²) in [7, 11) is 5.51. The van der Waals surface area contributed by atoms with Gasteiger partial charge in [-0.1, -0.05) is 170 Å². The summed E-state index contributed by atoms with van der Waals surface area (Å²) in [4.78, 5) is 37.1. The third-order valence-corrected chi connectivity index (χ3v) is 10.3. The van der Waals surface area contributed by atoms with E-state index in [0.717, 1.165) is 57.8 Å².